The van der Waals surface area contributed by atoms with Gasteiger partial charge in [-0.25, -0.2) is 13.6 Å². The Hall–Kier alpha value is -3.14. The van der Waals surface area contributed by atoms with E-state index in [9.17, 15) is 13.6 Å². The van der Waals surface area contributed by atoms with Gasteiger partial charge in [-0.05, 0) is 6.07 Å². The summed E-state index contributed by atoms with van der Waals surface area (Å²) in [6.45, 7) is 0. The van der Waals surface area contributed by atoms with Crippen LogP contribution in [0.4, 0.5) is 20.2 Å². The highest BCUT2D eigenvalue weighted by atomic mass is 19.2. The second kappa shape index (κ2) is 4.45. The van der Waals surface area contributed by atoms with Gasteiger partial charge in [0.1, 0.15) is 0 Å². The number of nitrogens with one attached hydrogen (secondary N) is 1. The number of ether oxygens (including phenoxy) is 1. The lowest BCUT2D eigenvalue weighted by Crippen LogP contribution is -2.10. The molecular formula is C14H6F2N2O3. The number of nitrogens with zero attached hydrogens (tertiary/aromatic N) is 1. The molecule has 0 aromatic heterocycles. The van der Waals surface area contributed by atoms with Crippen molar-refractivity contribution in [1.82, 2.24) is 0 Å². The molecular weight excluding hydrogens is 282 g/mol. The van der Waals surface area contributed by atoms with Gasteiger partial charge < -0.3 is 15.2 Å². The van der Waals surface area contributed by atoms with E-state index in [1.54, 1.807) is 0 Å². The Labute approximate surface area is 117 Å². The molecule has 0 bridgehead atoms. The zero-order valence-corrected chi connectivity index (χ0v) is 10.3. The van der Waals surface area contributed by atoms with Gasteiger partial charge in [-0.2, -0.15) is 5.26 Å². The van der Waals surface area contributed by atoms with Crippen LogP contribution in [-0.4, -0.2) is 11.1 Å². The van der Waals surface area contributed by atoms with Gasteiger partial charge in [-0.3, -0.25) is 0 Å². The van der Waals surface area contributed by atoms with Crippen molar-refractivity contribution in [1.29, 1.82) is 5.26 Å². The predicted octanol–water partition coefficient (Wildman–Crippen LogP) is 3.38. The van der Waals surface area contributed by atoms with E-state index in [4.69, 9.17) is 15.1 Å². The minimum atomic E-state index is -1.27. The first-order valence-corrected chi connectivity index (χ1v) is 5.75. The number of benzene rings is 2. The van der Waals surface area contributed by atoms with Crippen LogP contribution in [0.1, 0.15) is 15.9 Å². The van der Waals surface area contributed by atoms with Crippen LogP contribution < -0.4 is 10.1 Å². The number of carboxylic acids is 1. The second-order valence-electron chi connectivity index (χ2n) is 4.30. The number of rotatable bonds is 1. The molecule has 0 atom stereocenters. The van der Waals surface area contributed by atoms with Gasteiger partial charge in [0.05, 0.1) is 28.6 Å². The first-order chi connectivity index (χ1) is 9.99. The van der Waals surface area contributed by atoms with Gasteiger partial charge in [-0.15, -0.1) is 0 Å². The molecule has 0 radical (unpaired) electrons. The summed E-state index contributed by atoms with van der Waals surface area (Å²) in [6, 6.07) is 6.02. The molecule has 0 aliphatic carbocycles. The average molecular weight is 288 g/mol. The maximum absolute atomic E-state index is 13.2. The van der Waals surface area contributed by atoms with Crippen molar-refractivity contribution >= 4 is 17.3 Å². The fraction of sp³-hybridized carbons (Fsp3) is 0. The van der Waals surface area contributed by atoms with E-state index < -0.39 is 17.6 Å². The summed E-state index contributed by atoms with van der Waals surface area (Å²) in [4.78, 5) is 11.2. The van der Waals surface area contributed by atoms with Crippen LogP contribution >= 0.6 is 0 Å². The molecule has 1 heterocycles. The van der Waals surface area contributed by atoms with Crippen LogP contribution in [0.2, 0.25) is 0 Å². The van der Waals surface area contributed by atoms with E-state index in [-0.39, 0.29) is 34.0 Å². The monoisotopic (exact) mass is 288 g/mol. The van der Waals surface area contributed by atoms with Gasteiger partial charge in [0.15, 0.2) is 23.1 Å². The minimum absolute atomic E-state index is 0.00725. The molecule has 2 N–H and O–H groups in total. The van der Waals surface area contributed by atoms with Crippen LogP contribution in [0.15, 0.2) is 24.3 Å². The lowest BCUT2D eigenvalue weighted by Gasteiger charge is -2.23. The number of nitriles is 1. The molecule has 1 aliphatic rings. The third-order valence-corrected chi connectivity index (χ3v) is 2.96. The number of hydrogen-bond donors (Lipinski definition) is 2. The van der Waals surface area contributed by atoms with Crippen molar-refractivity contribution in [2.45, 2.75) is 0 Å². The van der Waals surface area contributed by atoms with Crippen molar-refractivity contribution in [2.75, 3.05) is 5.32 Å². The Balaban J connectivity index is 2.19. The van der Waals surface area contributed by atoms with E-state index in [1.165, 1.54) is 12.1 Å². The predicted molar refractivity (Wildman–Crippen MR) is 67.8 cm³/mol. The first-order valence-electron chi connectivity index (χ1n) is 5.75. The molecule has 104 valence electrons. The van der Waals surface area contributed by atoms with Gasteiger partial charge >= 0.3 is 5.97 Å². The fourth-order valence-electron chi connectivity index (χ4n) is 2.02. The van der Waals surface area contributed by atoms with Gasteiger partial charge in [0, 0.05) is 18.2 Å². The molecule has 0 amide bonds. The summed E-state index contributed by atoms with van der Waals surface area (Å²) >= 11 is 0. The molecule has 0 spiro atoms. The Morgan fingerprint density at radius 2 is 1.90 bits per heavy atom. The van der Waals surface area contributed by atoms with E-state index in [0.717, 1.165) is 12.1 Å². The number of fused-ring (bicyclic) bond motifs is 2. The second-order valence-corrected chi connectivity index (χ2v) is 4.30. The number of aromatic carboxylic acids is 1. The number of anilines is 2. The highest BCUT2D eigenvalue weighted by molar-refractivity contribution is 5.98. The largest absolute Gasteiger partial charge is 0.478 e. The SMILES string of the molecule is N#Cc1cc2c(c(C(=O)O)c1)Nc1cc(F)c(F)cc1O2. The molecule has 1 aliphatic heterocycles. The summed E-state index contributed by atoms with van der Waals surface area (Å²) in [5, 5.41) is 20.7. The Morgan fingerprint density at radius 3 is 2.57 bits per heavy atom. The Morgan fingerprint density at radius 1 is 1.19 bits per heavy atom. The molecule has 0 saturated heterocycles. The smallest absolute Gasteiger partial charge is 0.338 e. The minimum Gasteiger partial charge on any atom is -0.478 e. The van der Waals surface area contributed by atoms with Crippen LogP contribution in [0.25, 0.3) is 0 Å². The quantitative estimate of drug-likeness (QED) is 0.717. The molecule has 0 saturated carbocycles. The molecule has 2 aromatic carbocycles. The normalized spacial score (nSPS) is 11.5. The van der Waals surface area contributed by atoms with Gasteiger partial charge in [0.25, 0.3) is 0 Å². The third-order valence-electron chi connectivity index (χ3n) is 2.96. The maximum Gasteiger partial charge on any atom is 0.338 e. The Bertz CT molecular complexity index is 828. The van der Waals surface area contributed by atoms with Gasteiger partial charge in [-0.1, -0.05) is 0 Å². The lowest BCUT2D eigenvalue weighted by atomic mass is 10.1. The number of halogens is 2. The highest BCUT2D eigenvalue weighted by Crippen LogP contribution is 2.44. The summed E-state index contributed by atoms with van der Waals surface area (Å²) < 4.78 is 31.8. The molecule has 2 aromatic rings. The van der Waals surface area contributed by atoms with E-state index in [0.29, 0.717) is 0 Å². The van der Waals surface area contributed by atoms with Crippen LogP contribution in [-0.2, 0) is 0 Å². The van der Waals surface area contributed by atoms with E-state index in [2.05, 4.69) is 5.32 Å². The maximum atomic E-state index is 13.2. The number of carboxylic acid groups (broad SMARTS) is 1. The van der Waals surface area contributed by atoms with E-state index in [1.807, 2.05) is 6.07 Å². The fourth-order valence-corrected chi connectivity index (χ4v) is 2.02. The van der Waals surface area contributed by atoms with Crippen molar-refractivity contribution in [3.8, 4) is 17.6 Å². The van der Waals surface area contributed by atoms with E-state index >= 15 is 0 Å². The number of carbonyl (C=O) groups is 1. The summed E-state index contributed by atoms with van der Waals surface area (Å²) in [7, 11) is 0. The summed E-state index contributed by atoms with van der Waals surface area (Å²) in [6.07, 6.45) is 0. The van der Waals surface area contributed by atoms with Crippen LogP contribution in [0.5, 0.6) is 11.5 Å². The number of hydrogen-bond acceptors (Lipinski definition) is 4. The van der Waals surface area contributed by atoms with Crippen molar-refractivity contribution in [3.05, 3.63) is 47.0 Å². The molecule has 3 rings (SSSR count). The Kier molecular flexibility index (Phi) is 2.73. The molecule has 0 fully saturated rings. The van der Waals surface area contributed by atoms with Crippen molar-refractivity contribution in [2.24, 2.45) is 0 Å². The van der Waals surface area contributed by atoms with Crippen molar-refractivity contribution < 1.29 is 23.4 Å². The summed E-state index contributed by atoms with van der Waals surface area (Å²) in [5.41, 5.74) is 0.0760. The zero-order chi connectivity index (χ0) is 15.1. The van der Waals surface area contributed by atoms with Crippen LogP contribution in [0.3, 0.4) is 0 Å². The average Bonchev–Trinajstić information content (AvgIpc) is 2.45. The highest BCUT2D eigenvalue weighted by Gasteiger charge is 2.25. The molecule has 5 nitrogen and oxygen atoms in total. The third kappa shape index (κ3) is 2.03. The topological polar surface area (TPSA) is 82.4 Å². The van der Waals surface area contributed by atoms with Gasteiger partial charge in [0.2, 0.25) is 0 Å². The molecule has 7 heteroatoms. The van der Waals surface area contributed by atoms with Crippen molar-refractivity contribution in [3.63, 3.8) is 0 Å². The summed E-state index contributed by atoms with van der Waals surface area (Å²) in [5.74, 6) is -3.38. The standard InChI is InChI=1S/C14H6F2N2O3/c15-8-3-10-11(4-9(8)16)21-12-2-6(5-17)1-7(14(19)20)13(12)18-10/h1-4,18H,(H,19,20). The molecule has 21 heavy (non-hydrogen) atoms. The molecule has 0 unspecified atom stereocenters. The lowest BCUT2D eigenvalue weighted by molar-refractivity contribution is 0.0697. The zero-order valence-electron chi connectivity index (χ0n) is 10.3. The van der Waals surface area contributed by atoms with Crippen LogP contribution in [0, 0.1) is 23.0 Å². The first kappa shape index (κ1) is 12.9.